The van der Waals surface area contributed by atoms with E-state index in [0.717, 1.165) is 0 Å². The van der Waals surface area contributed by atoms with E-state index in [-0.39, 0.29) is 30.5 Å². The first-order valence-corrected chi connectivity index (χ1v) is 8.92. The van der Waals surface area contributed by atoms with Gasteiger partial charge in [0, 0.05) is 36.9 Å². The minimum absolute atomic E-state index is 0.0483. The molecule has 0 aliphatic carbocycles. The second-order valence-electron chi connectivity index (χ2n) is 6.69. The molecule has 29 heavy (non-hydrogen) atoms. The number of aryl methyl sites for hydroxylation is 1. The van der Waals surface area contributed by atoms with Crippen molar-refractivity contribution in [3.05, 3.63) is 52.1 Å². The number of anilines is 2. The predicted octanol–water partition coefficient (Wildman–Crippen LogP) is 2.91. The molecule has 1 fully saturated rings. The maximum Gasteiger partial charge on any atom is 0.269 e. The van der Waals surface area contributed by atoms with Crippen LogP contribution in [0.1, 0.15) is 12.0 Å². The third kappa shape index (κ3) is 4.13. The van der Waals surface area contributed by atoms with Gasteiger partial charge in [-0.25, -0.2) is 0 Å². The maximum atomic E-state index is 12.7. The molecule has 152 valence electrons. The summed E-state index contributed by atoms with van der Waals surface area (Å²) in [5.41, 5.74) is 1.54. The summed E-state index contributed by atoms with van der Waals surface area (Å²) in [5, 5.41) is 13.6. The summed E-state index contributed by atoms with van der Waals surface area (Å²) in [5.74, 6) is -0.000725. The summed E-state index contributed by atoms with van der Waals surface area (Å²) in [6, 6.07) is 9.33. The van der Waals surface area contributed by atoms with Crippen LogP contribution in [-0.2, 0) is 9.59 Å². The zero-order valence-corrected chi connectivity index (χ0v) is 16.3. The number of nitro groups is 1. The third-order valence-corrected chi connectivity index (χ3v) is 4.85. The molecule has 0 radical (unpaired) electrons. The van der Waals surface area contributed by atoms with Gasteiger partial charge in [-0.2, -0.15) is 0 Å². The lowest BCUT2D eigenvalue weighted by molar-refractivity contribution is -0.384. The standard InChI is InChI=1S/C20H21N3O6/c1-12-8-14(23(26)27)4-6-16(12)21-20(25)13-9-19(24)22(11-13)17-10-15(28-2)5-7-18(17)29-3/h4-8,10,13H,9,11H2,1-3H3,(H,21,25)/t13-/m1/s1. The van der Waals surface area contributed by atoms with E-state index in [2.05, 4.69) is 5.32 Å². The average molecular weight is 399 g/mol. The number of benzene rings is 2. The molecule has 0 bridgehead atoms. The number of ether oxygens (including phenoxy) is 2. The summed E-state index contributed by atoms with van der Waals surface area (Å²) < 4.78 is 10.6. The number of rotatable bonds is 6. The Balaban J connectivity index is 1.77. The average Bonchev–Trinajstić information content (AvgIpc) is 3.10. The highest BCUT2D eigenvalue weighted by atomic mass is 16.6. The van der Waals surface area contributed by atoms with Gasteiger partial charge in [0.1, 0.15) is 11.5 Å². The number of methoxy groups -OCH3 is 2. The Kier molecular flexibility index (Phi) is 5.67. The summed E-state index contributed by atoms with van der Waals surface area (Å²) in [6.07, 6.45) is 0.0538. The van der Waals surface area contributed by atoms with Crippen LogP contribution in [0, 0.1) is 23.0 Å². The van der Waals surface area contributed by atoms with Crippen molar-refractivity contribution in [2.75, 3.05) is 31.0 Å². The molecule has 2 amide bonds. The number of carbonyl (C=O) groups is 2. The van der Waals surface area contributed by atoms with Gasteiger partial charge in [0.25, 0.3) is 5.69 Å². The van der Waals surface area contributed by atoms with Crippen LogP contribution < -0.4 is 19.7 Å². The Bertz CT molecular complexity index is 975. The molecule has 3 rings (SSSR count). The predicted molar refractivity (Wildman–Crippen MR) is 106 cm³/mol. The molecule has 1 heterocycles. The number of nitrogens with zero attached hydrogens (tertiary/aromatic N) is 2. The van der Waals surface area contributed by atoms with E-state index in [4.69, 9.17) is 9.47 Å². The number of nitrogens with one attached hydrogen (secondary N) is 1. The van der Waals surface area contributed by atoms with Gasteiger partial charge in [0.05, 0.1) is 30.7 Å². The normalized spacial score (nSPS) is 15.9. The Labute approximate surface area is 167 Å². The van der Waals surface area contributed by atoms with Gasteiger partial charge < -0.3 is 19.7 Å². The maximum absolute atomic E-state index is 12.7. The molecule has 1 N–H and O–H groups in total. The molecule has 1 aliphatic rings. The van der Waals surface area contributed by atoms with Crippen molar-refractivity contribution in [1.29, 1.82) is 0 Å². The number of amides is 2. The van der Waals surface area contributed by atoms with Gasteiger partial charge in [-0.15, -0.1) is 0 Å². The molecule has 9 heteroatoms. The highest BCUT2D eigenvalue weighted by molar-refractivity contribution is 6.04. The number of non-ortho nitro benzene ring substituents is 1. The van der Waals surface area contributed by atoms with Crippen molar-refractivity contribution >= 4 is 28.9 Å². The minimum atomic E-state index is -0.562. The second kappa shape index (κ2) is 8.17. The van der Waals surface area contributed by atoms with Crippen LogP contribution >= 0.6 is 0 Å². The van der Waals surface area contributed by atoms with Crippen molar-refractivity contribution in [2.24, 2.45) is 5.92 Å². The lowest BCUT2D eigenvalue weighted by atomic mass is 10.1. The zero-order valence-electron chi connectivity index (χ0n) is 16.3. The fourth-order valence-electron chi connectivity index (χ4n) is 3.26. The van der Waals surface area contributed by atoms with Crippen molar-refractivity contribution in [1.82, 2.24) is 0 Å². The fourth-order valence-corrected chi connectivity index (χ4v) is 3.26. The Morgan fingerprint density at radius 1 is 1.21 bits per heavy atom. The largest absolute Gasteiger partial charge is 0.497 e. The molecule has 2 aromatic rings. The Hall–Kier alpha value is -3.62. The molecule has 1 saturated heterocycles. The first-order chi connectivity index (χ1) is 13.8. The van der Waals surface area contributed by atoms with E-state index >= 15 is 0 Å². The monoisotopic (exact) mass is 399 g/mol. The van der Waals surface area contributed by atoms with Gasteiger partial charge in [-0.3, -0.25) is 19.7 Å². The number of nitro benzene ring substituents is 1. The Morgan fingerprint density at radius 3 is 2.59 bits per heavy atom. The molecule has 0 spiro atoms. The minimum Gasteiger partial charge on any atom is -0.497 e. The highest BCUT2D eigenvalue weighted by Gasteiger charge is 2.36. The van der Waals surface area contributed by atoms with Crippen molar-refractivity contribution in [2.45, 2.75) is 13.3 Å². The lowest BCUT2D eigenvalue weighted by Gasteiger charge is -2.20. The third-order valence-electron chi connectivity index (χ3n) is 4.85. The van der Waals surface area contributed by atoms with Crippen molar-refractivity contribution in [3.8, 4) is 11.5 Å². The summed E-state index contributed by atoms with van der Waals surface area (Å²) in [4.78, 5) is 37.1. The second-order valence-corrected chi connectivity index (χ2v) is 6.69. The molecule has 0 saturated carbocycles. The van der Waals surface area contributed by atoms with E-state index < -0.39 is 10.8 Å². The molecular formula is C20H21N3O6. The quantitative estimate of drug-likeness (QED) is 0.591. The van der Waals surface area contributed by atoms with Crippen LogP contribution in [0.15, 0.2) is 36.4 Å². The van der Waals surface area contributed by atoms with Crippen LogP contribution in [0.5, 0.6) is 11.5 Å². The molecule has 9 nitrogen and oxygen atoms in total. The smallest absolute Gasteiger partial charge is 0.269 e. The lowest BCUT2D eigenvalue weighted by Crippen LogP contribution is -2.28. The van der Waals surface area contributed by atoms with Crippen LogP contribution in [-0.4, -0.2) is 37.5 Å². The zero-order chi connectivity index (χ0) is 21.1. The van der Waals surface area contributed by atoms with Crippen LogP contribution in [0.4, 0.5) is 17.1 Å². The first-order valence-electron chi connectivity index (χ1n) is 8.92. The summed E-state index contributed by atoms with van der Waals surface area (Å²) in [7, 11) is 3.04. The topological polar surface area (TPSA) is 111 Å². The number of hydrogen-bond donors (Lipinski definition) is 1. The van der Waals surface area contributed by atoms with Gasteiger partial charge in [-0.1, -0.05) is 0 Å². The van der Waals surface area contributed by atoms with E-state index in [9.17, 15) is 19.7 Å². The van der Waals surface area contributed by atoms with E-state index in [1.807, 2.05) is 0 Å². The number of hydrogen-bond acceptors (Lipinski definition) is 6. The molecule has 1 aliphatic heterocycles. The van der Waals surface area contributed by atoms with E-state index in [0.29, 0.717) is 28.4 Å². The molecular weight excluding hydrogens is 378 g/mol. The molecule has 1 atom stereocenters. The Morgan fingerprint density at radius 2 is 1.97 bits per heavy atom. The summed E-state index contributed by atoms with van der Waals surface area (Å²) >= 11 is 0. The van der Waals surface area contributed by atoms with Gasteiger partial charge in [-0.05, 0) is 30.7 Å². The van der Waals surface area contributed by atoms with Crippen molar-refractivity contribution < 1.29 is 24.0 Å². The first kappa shape index (κ1) is 20.1. The van der Waals surface area contributed by atoms with Crippen LogP contribution in [0.25, 0.3) is 0 Å². The van der Waals surface area contributed by atoms with Crippen LogP contribution in [0.2, 0.25) is 0 Å². The number of carbonyl (C=O) groups excluding carboxylic acids is 2. The molecule has 0 unspecified atom stereocenters. The van der Waals surface area contributed by atoms with E-state index in [1.54, 1.807) is 25.1 Å². The molecule has 0 aromatic heterocycles. The van der Waals surface area contributed by atoms with Crippen molar-refractivity contribution in [3.63, 3.8) is 0 Å². The highest BCUT2D eigenvalue weighted by Crippen LogP contribution is 2.36. The SMILES string of the molecule is COc1ccc(OC)c(N2C[C@H](C(=O)Nc3ccc([N+](=O)[O-])cc3C)CC2=O)c1. The van der Waals surface area contributed by atoms with Gasteiger partial charge >= 0.3 is 0 Å². The van der Waals surface area contributed by atoms with E-state index in [1.165, 1.54) is 37.3 Å². The van der Waals surface area contributed by atoms with Gasteiger partial charge in [0.2, 0.25) is 11.8 Å². The fraction of sp³-hybridized carbons (Fsp3) is 0.300. The van der Waals surface area contributed by atoms with Crippen LogP contribution in [0.3, 0.4) is 0 Å². The van der Waals surface area contributed by atoms with Gasteiger partial charge in [0.15, 0.2) is 0 Å². The summed E-state index contributed by atoms with van der Waals surface area (Å²) in [6.45, 7) is 1.87. The molecule has 2 aromatic carbocycles.